The van der Waals surface area contributed by atoms with E-state index in [-0.39, 0.29) is 18.3 Å². The Morgan fingerprint density at radius 3 is 2.68 bits per heavy atom. The van der Waals surface area contributed by atoms with Crippen molar-refractivity contribution in [3.05, 3.63) is 35.4 Å². The standard InChI is InChI=1S/C17H25N3O.ClH/c1-12-2-4-13(5-3-12)8-19-17(21)11-20-9-14-6-7-16(18)15(14)10-20;/h2-5,14-16H,6-11,18H2,1H3,(H,19,21);1H. The summed E-state index contributed by atoms with van der Waals surface area (Å²) in [5, 5.41) is 3.01. The molecule has 0 radical (unpaired) electrons. The van der Waals surface area contributed by atoms with Crippen LogP contribution in [-0.4, -0.2) is 36.5 Å². The number of carbonyl (C=O) groups is 1. The highest BCUT2D eigenvalue weighted by Crippen LogP contribution is 2.36. The van der Waals surface area contributed by atoms with Gasteiger partial charge in [0.2, 0.25) is 5.91 Å². The maximum atomic E-state index is 12.1. The molecule has 0 aromatic heterocycles. The van der Waals surface area contributed by atoms with E-state index in [2.05, 4.69) is 41.4 Å². The first kappa shape index (κ1) is 17.3. The van der Waals surface area contributed by atoms with Crippen LogP contribution in [0.15, 0.2) is 24.3 Å². The van der Waals surface area contributed by atoms with Gasteiger partial charge in [-0.25, -0.2) is 0 Å². The van der Waals surface area contributed by atoms with E-state index in [9.17, 15) is 4.79 Å². The predicted octanol–water partition coefficient (Wildman–Crippen LogP) is 1.70. The van der Waals surface area contributed by atoms with Crippen LogP contribution in [0.5, 0.6) is 0 Å². The van der Waals surface area contributed by atoms with Crippen LogP contribution in [0.2, 0.25) is 0 Å². The zero-order valence-corrected chi connectivity index (χ0v) is 13.9. The average Bonchev–Trinajstić information content (AvgIpc) is 3.00. The van der Waals surface area contributed by atoms with E-state index in [4.69, 9.17) is 5.73 Å². The minimum absolute atomic E-state index is 0. The summed E-state index contributed by atoms with van der Waals surface area (Å²) in [6.45, 7) is 5.21. The number of fused-ring (bicyclic) bond motifs is 1. The normalized spacial score (nSPS) is 27.3. The van der Waals surface area contributed by atoms with Gasteiger partial charge in [-0.15, -0.1) is 12.4 Å². The smallest absolute Gasteiger partial charge is 0.234 e. The van der Waals surface area contributed by atoms with Gasteiger partial charge in [-0.05, 0) is 37.2 Å². The molecule has 1 aliphatic heterocycles. The molecule has 0 spiro atoms. The number of carbonyl (C=O) groups excluding carboxylic acids is 1. The molecular weight excluding hydrogens is 298 g/mol. The van der Waals surface area contributed by atoms with Crippen LogP contribution in [-0.2, 0) is 11.3 Å². The number of aryl methyl sites for hydroxylation is 1. The van der Waals surface area contributed by atoms with Crippen LogP contribution in [0.25, 0.3) is 0 Å². The van der Waals surface area contributed by atoms with Crippen molar-refractivity contribution in [2.24, 2.45) is 17.6 Å². The Balaban J connectivity index is 0.00000176. The van der Waals surface area contributed by atoms with Crippen molar-refractivity contribution in [1.82, 2.24) is 10.2 Å². The molecular formula is C17H26ClN3O. The van der Waals surface area contributed by atoms with E-state index in [1.807, 2.05) is 0 Å². The molecule has 1 aromatic rings. The van der Waals surface area contributed by atoms with Crippen molar-refractivity contribution >= 4 is 18.3 Å². The quantitative estimate of drug-likeness (QED) is 0.886. The molecule has 2 aliphatic rings. The Bertz CT molecular complexity index is 505. The van der Waals surface area contributed by atoms with Gasteiger partial charge in [-0.1, -0.05) is 29.8 Å². The van der Waals surface area contributed by atoms with Crippen LogP contribution in [0, 0.1) is 18.8 Å². The van der Waals surface area contributed by atoms with E-state index in [1.54, 1.807) is 0 Å². The highest BCUT2D eigenvalue weighted by Gasteiger charge is 2.41. The van der Waals surface area contributed by atoms with E-state index in [1.165, 1.54) is 12.0 Å². The highest BCUT2D eigenvalue weighted by atomic mass is 35.5. The molecule has 1 heterocycles. The number of benzene rings is 1. The number of hydrogen-bond acceptors (Lipinski definition) is 3. The molecule has 3 unspecified atom stereocenters. The zero-order chi connectivity index (χ0) is 14.8. The van der Waals surface area contributed by atoms with E-state index < -0.39 is 0 Å². The molecule has 5 heteroatoms. The molecule has 122 valence electrons. The summed E-state index contributed by atoms with van der Waals surface area (Å²) in [6.07, 6.45) is 2.39. The van der Waals surface area contributed by atoms with Gasteiger partial charge in [0.25, 0.3) is 0 Å². The fraction of sp³-hybridized carbons (Fsp3) is 0.588. The lowest BCUT2D eigenvalue weighted by Crippen LogP contribution is -2.37. The lowest BCUT2D eigenvalue weighted by Gasteiger charge is -2.17. The second kappa shape index (κ2) is 7.44. The van der Waals surface area contributed by atoms with Crippen LogP contribution >= 0.6 is 12.4 Å². The summed E-state index contributed by atoms with van der Waals surface area (Å²) in [5.41, 5.74) is 8.52. The SMILES string of the molecule is Cc1ccc(CNC(=O)CN2CC3CCC(N)C3C2)cc1.Cl. The van der Waals surface area contributed by atoms with Gasteiger partial charge in [0.05, 0.1) is 6.54 Å². The van der Waals surface area contributed by atoms with Gasteiger partial charge in [-0.3, -0.25) is 9.69 Å². The topological polar surface area (TPSA) is 58.4 Å². The minimum atomic E-state index is 0. The van der Waals surface area contributed by atoms with E-state index in [0.29, 0.717) is 31.0 Å². The van der Waals surface area contributed by atoms with E-state index in [0.717, 1.165) is 25.1 Å². The fourth-order valence-electron chi connectivity index (χ4n) is 3.69. The maximum Gasteiger partial charge on any atom is 0.234 e. The third-order valence-electron chi connectivity index (χ3n) is 4.97. The van der Waals surface area contributed by atoms with Crippen molar-refractivity contribution in [2.45, 2.75) is 32.4 Å². The molecule has 1 aliphatic carbocycles. The molecule has 4 nitrogen and oxygen atoms in total. The van der Waals surface area contributed by atoms with Gasteiger partial charge >= 0.3 is 0 Å². The summed E-state index contributed by atoms with van der Waals surface area (Å²) in [6, 6.07) is 8.62. The van der Waals surface area contributed by atoms with Gasteiger partial charge in [0, 0.05) is 25.7 Å². The molecule has 0 bridgehead atoms. The van der Waals surface area contributed by atoms with Crippen LogP contribution in [0.1, 0.15) is 24.0 Å². The Morgan fingerprint density at radius 1 is 1.27 bits per heavy atom. The zero-order valence-electron chi connectivity index (χ0n) is 13.1. The monoisotopic (exact) mass is 323 g/mol. The van der Waals surface area contributed by atoms with Gasteiger partial charge in [0.15, 0.2) is 0 Å². The molecule has 3 N–H and O–H groups in total. The summed E-state index contributed by atoms with van der Waals surface area (Å²) < 4.78 is 0. The van der Waals surface area contributed by atoms with Crippen molar-refractivity contribution in [1.29, 1.82) is 0 Å². The van der Waals surface area contributed by atoms with Crippen molar-refractivity contribution in [3.8, 4) is 0 Å². The number of halogens is 1. The van der Waals surface area contributed by atoms with Gasteiger partial charge < -0.3 is 11.1 Å². The molecule has 1 amide bonds. The molecule has 2 fully saturated rings. The lowest BCUT2D eigenvalue weighted by atomic mass is 9.98. The summed E-state index contributed by atoms with van der Waals surface area (Å²) >= 11 is 0. The molecule has 3 atom stereocenters. The number of rotatable bonds is 4. The van der Waals surface area contributed by atoms with Crippen molar-refractivity contribution in [2.75, 3.05) is 19.6 Å². The highest BCUT2D eigenvalue weighted by molar-refractivity contribution is 5.85. The third kappa shape index (κ3) is 4.00. The van der Waals surface area contributed by atoms with Gasteiger partial charge in [-0.2, -0.15) is 0 Å². The van der Waals surface area contributed by atoms with Crippen LogP contribution < -0.4 is 11.1 Å². The third-order valence-corrected chi connectivity index (χ3v) is 4.97. The molecule has 1 aromatic carbocycles. The Labute approximate surface area is 138 Å². The molecule has 1 saturated heterocycles. The molecule has 22 heavy (non-hydrogen) atoms. The number of likely N-dealkylation sites (tertiary alicyclic amines) is 1. The number of nitrogens with zero attached hydrogens (tertiary/aromatic N) is 1. The predicted molar refractivity (Wildman–Crippen MR) is 90.9 cm³/mol. The summed E-state index contributed by atoms with van der Waals surface area (Å²) in [7, 11) is 0. The van der Waals surface area contributed by atoms with Crippen molar-refractivity contribution in [3.63, 3.8) is 0 Å². The number of amides is 1. The first-order chi connectivity index (χ1) is 10.1. The maximum absolute atomic E-state index is 12.1. The van der Waals surface area contributed by atoms with Crippen LogP contribution in [0.3, 0.4) is 0 Å². The Kier molecular flexibility index (Phi) is 5.84. The largest absolute Gasteiger partial charge is 0.351 e. The second-order valence-electron chi connectivity index (χ2n) is 6.62. The number of hydrogen-bond donors (Lipinski definition) is 2. The van der Waals surface area contributed by atoms with E-state index >= 15 is 0 Å². The first-order valence-corrected chi connectivity index (χ1v) is 7.92. The summed E-state index contributed by atoms with van der Waals surface area (Å²) in [5.74, 6) is 1.43. The minimum Gasteiger partial charge on any atom is -0.351 e. The molecule has 3 rings (SSSR count). The Morgan fingerprint density at radius 2 is 2.00 bits per heavy atom. The fourth-order valence-corrected chi connectivity index (χ4v) is 3.69. The summed E-state index contributed by atoms with van der Waals surface area (Å²) in [4.78, 5) is 14.3. The lowest BCUT2D eigenvalue weighted by molar-refractivity contribution is -0.122. The van der Waals surface area contributed by atoms with Crippen LogP contribution in [0.4, 0.5) is 0 Å². The average molecular weight is 324 g/mol. The number of nitrogens with one attached hydrogen (secondary N) is 1. The van der Waals surface area contributed by atoms with Gasteiger partial charge in [0.1, 0.15) is 0 Å². The van der Waals surface area contributed by atoms with Crippen molar-refractivity contribution < 1.29 is 4.79 Å². The number of nitrogens with two attached hydrogens (primary N) is 1. The first-order valence-electron chi connectivity index (χ1n) is 7.92. The second-order valence-corrected chi connectivity index (χ2v) is 6.62. The Hall–Kier alpha value is -1.10. The molecule has 1 saturated carbocycles.